The highest BCUT2D eigenvalue weighted by molar-refractivity contribution is 6.06. The fraction of sp³-hybridized carbons (Fsp3) is 0.267. The van der Waals surface area contributed by atoms with Crippen molar-refractivity contribution >= 4 is 28.6 Å². The second kappa shape index (κ2) is 5.05. The predicted molar refractivity (Wildman–Crippen MR) is 74.7 cm³/mol. The molecule has 2 atom stereocenters. The number of aliphatic carboxylic acids is 1. The van der Waals surface area contributed by atoms with Crippen molar-refractivity contribution in [3.05, 3.63) is 36.0 Å². The predicted octanol–water partition coefficient (Wildman–Crippen LogP) is 0.869. The number of benzene rings is 1. The van der Waals surface area contributed by atoms with Gasteiger partial charge >= 0.3 is 5.97 Å². The van der Waals surface area contributed by atoms with Crippen molar-refractivity contribution in [1.29, 1.82) is 0 Å². The molecule has 3 rings (SSSR count). The van der Waals surface area contributed by atoms with Crippen LogP contribution in [0.4, 0.5) is 0 Å². The number of fused-ring (bicyclic) bond motifs is 1. The summed E-state index contributed by atoms with van der Waals surface area (Å²) in [5.41, 5.74) is 1.89. The molecule has 0 aliphatic carbocycles. The minimum absolute atomic E-state index is 0.242. The highest BCUT2D eigenvalue weighted by atomic mass is 16.4. The van der Waals surface area contributed by atoms with Gasteiger partial charge in [-0.25, -0.2) is 0 Å². The van der Waals surface area contributed by atoms with Gasteiger partial charge in [-0.1, -0.05) is 18.2 Å². The van der Waals surface area contributed by atoms with E-state index in [-0.39, 0.29) is 12.2 Å². The molecule has 6 heteroatoms. The number of carboxylic acid groups (broad SMARTS) is 1. The second-order valence-corrected chi connectivity index (χ2v) is 5.19. The molecule has 1 aliphatic heterocycles. The van der Waals surface area contributed by atoms with Crippen LogP contribution in [0, 0.1) is 5.92 Å². The maximum atomic E-state index is 12.0. The smallest absolute Gasteiger partial charge is 0.316 e. The van der Waals surface area contributed by atoms with Crippen molar-refractivity contribution in [3.63, 3.8) is 0 Å². The van der Waals surface area contributed by atoms with Crippen LogP contribution in [-0.4, -0.2) is 33.8 Å². The first-order valence-electron chi connectivity index (χ1n) is 6.67. The van der Waals surface area contributed by atoms with Gasteiger partial charge in [0, 0.05) is 29.9 Å². The van der Waals surface area contributed by atoms with Gasteiger partial charge in [-0.05, 0) is 11.6 Å². The SMILES string of the molecule is O=C(O)[C@@H]1CC(=O)[C@H](Cc2c[nH]c3ccccc23)NC1=O. The van der Waals surface area contributed by atoms with E-state index in [2.05, 4.69) is 10.3 Å². The summed E-state index contributed by atoms with van der Waals surface area (Å²) < 4.78 is 0. The van der Waals surface area contributed by atoms with Gasteiger partial charge in [0.25, 0.3) is 0 Å². The number of hydrogen-bond donors (Lipinski definition) is 3. The molecule has 0 radical (unpaired) electrons. The first kappa shape index (κ1) is 13.4. The maximum Gasteiger partial charge on any atom is 0.316 e. The normalized spacial score (nSPS) is 22.3. The number of ketones is 1. The number of aromatic amines is 1. The van der Waals surface area contributed by atoms with Crippen molar-refractivity contribution in [2.24, 2.45) is 5.92 Å². The molecule has 1 saturated heterocycles. The highest BCUT2D eigenvalue weighted by Gasteiger charge is 2.38. The Hall–Kier alpha value is -2.63. The van der Waals surface area contributed by atoms with Crippen molar-refractivity contribution in [1.82, 2.24) is 10.3 Å². The topological polar surface area (TPSA) is 99.3 Å². The van der Waals surface area contributed by atoms with Crippen LogP contribution in [-0.2, 0) is 20.8 Å². The van der Waals surface area contributed by atoms with Crippen molar-refractivity contribution < 1.29 is 19.5 Å². The minimum Gasteiger partial charge on any atom is -0.481 e. The summed E-state index contributed by atoms with van der Waals surface area (Å²) in [5, 5.41) is 12.4. The standard InChI is InChI=1S/C15H14N2O4/c18-13-6-10(15(20)21)14(19)17-12(13)5-8-7-16-11-4-2-1-3-9(8)11/h1-4,7,10,12,16H,5-6H2,(H,17,19)(H,20,21)/t10-,12+/m1/s1. The van der Waals surface area contributed by atoms with E-state index in [1.165, 1.54) is 0 Å². The van der Waals surface area contributed by atoms with Gasteiger partial charge in [-0.15, -0.1) is 0 Å². The summed E-state index contributed by atoms with van der Waals surface area (Å²) >= 11 is 0. The first-order valence-corrected chi connectivity index (χ1v) is 6.67. The van der Waals surface area contributed by atoms with E-state index in [9.17, 15) is 14.4 Å². The van der Waals surface area contributed by atoms with E-state index in [0.29, 0.717) is 6.42 Å². The van der Waals surface area contributed by atoms with Gasteiger partial charge in [0.15, 0.2) is 5.78 Å². The quantitative estimate of drug-likeness (QED) is 0.729. The molecule has 2 aromatic rings. The number of nitrogens with one attached hydrogen (secondary N) is 2. The van der Waals surface area contributed by atoms with Crippen LogP contribution in [0.3, 0.4) is 0 Å². The number of aromatic nitrogens is 1. The minimum atomic E-state index is -1.27. The number of H-pyrrole nitrogens is 1. The van der Waals surface area contributed by atoms with E-state index >= 15 is 0 Å². The van der Waals surface area contributed by atoms with Gasteiger partial charge in [0.1, 0.15) is 5.92 Å². The molecule has 0 bridgehead atoms. The number of rotatable bonds is 3. The van der Waals surface area contributed by atoms with Gasteiger partial charge < -0.3 is 15.4 Å². The number of para-hydroxylation sites is 1. The molecule has 108 valence electrons. The van der Waals surface area contributed by atoms with Crippen molar-refractivity contribution in [3.8, 4) is 0 Å². The molecule has 21 heavy (non-hydrogen) atoms. The average Bonchev–Trinajstić information content (AvgIpc) is 2.85. The third kappa shape index (κ3) is 2.40. The molecule has 2 heterocycles. The lowest BCUT2D eigenvalue weighted by atomic mass is 9.89. The van der Waals surface area contributed by atoms with Gasteiger partial charge in [0.05, 0.1) is 6.04 Å². The molecule has 1 aromatic heterocycles. The number of carboxylic acids is 1. The van der Waals surface area contributed by atoms with E-state index in [0.717, 1.165) is 16.5 Å². The zero-order valence-electron chi connectivity index (χ0n) is 11.1. The molecular weight excluding hydrogens is 272 g/mol. The van der Waals surface area contributed by atoms with E-state index < -0.39 is 23.8 Å². The number of carbonyl (C=O) groups excluding carboxylic acids is 2. The Morgan fingerprint density at radius 1 is 1.29 bits per heavy atom. The van der Waals surface area contributed by atoms with Crippen LogP contribution in [0.2, 0.25) is 0 Å². The Bertz CT molecular complexity index is 734. The number of piperidine rings is 1. The monoisotopic (exact) mass is 286 g/mol. The zero-order valence-corrected chi connectivity index (χ0v) is 11.1. The van der Waals surface area contributed by atoms with Gasteiger partial charge in [-0.2, -0.15) is 0 Å². The Balaban J connectivity index is 1.81. The molecule has 1 aliphatic rings. The Morgan fingerprint density at radius 2 is 2.05 bits per heavy atom. The summed E-state index contributed by atoms with van der Waals surface area (Å²) in [7, 11) is 0. The largest absolute Gasteiger partial charge is 0.481 e. The summed E-state index contributed by atoms with van der Waals surface area (Å²) in [4.78, 5) is 37.8. The Morgan fingerprint density at radius 3 is 2.81 bits per heavy atom. The van der Waals surface area contributed by atoms with Crippen LogP contribution < -0.4 is 5.32 Å². The lowest BCUT2D eigenvalue weighted by Gasteiger charge is -2.25. The van der Waals surface area contributed by atoms with Crippen LogP contribution in [0.25, 0.3) is 10.9 Å². The first-order chi connectivity index (χ1) is 10.1. The lowest BCUT2D eigenvalue weighted by Crippen LogP contribution is -2.52. The number of amides is 1. The molecule has 1 fully saturated rings. The molecule has 6 nitrogen and oxygen atoms in total. The van der Waals surface area contributed by atoms with Gasteiger partial charge in [0.2, 0.25) is 5.91 Å². The third-order valence-electron chi connectivity index (χ3n) is 3.82. The van der Waals surface area contributed by atoms with Crippen LogP contribution in [0.1, 0.15) is 12.0 Å². The summed E-state index contributed by atoms with van der Waals surface area (Å²) in [6.45, 7) is 0. The number of carbonyl (C=O) groups is 3. The third-order valence-corrected chi connectivity index (χ3v) is 3.82. The molecule has 0 saturated carbocycles. The van der Waals surface area contributed by atoms with Crippen LogP contribution in [0.15, 0.2) is 30.5 Å². The molecule has 3 N–H and O–H groups in total. The van der Waals surface area contributed by atoms with E-state index in [4.69, 9.17) is 5.11 Å². The van der Waals surface area contributed by atoms with E-state index in [1.807, 2.05) is 30.5 Å². The second-order valence-electron chi connectivity index (χ2n) is 5.19. The highest BCUT2D eigenvalue weighted by Crippen LogP contribution is 2.22. The fourth-order valence-corrected chi connectivity index (χ4v) is 2.67. The van der Waals surface area contributed by atoms with Gasteiger partial charge in [-0.3, -0.25) is 14.4 Å². The lowest BCUT2D eigenvalue weighted by molar-refractivity contribution is -0.152. The van der Waals surface area contributed by atoms with Crippen LogP contribution >= 0.6 is 0 Å². The van der Waals surface area contributed by atoms with E-state index in [1.54, 1.807) is 0 Å². The molecule has 1 aromatic carbocycles. The number of Topliss-reactive ketones (excluding diaryl/α,β-unsaturated/α-hetero) is 1. The van der Waals surface area contributed by atoms with Crippen molar-refractivity contribution in [2.75, 3.05) is 0 Å². The molecule has 1 amide bonds. The summed E-state index contributed by atoms with van der Waals surface area (Å²) in [5.74, 6) is -3.36. The fourth-order valence-electron chi connectivity index (χ4n) is 2.67. The molecule has 0 spiro atoms. The average molecular weight is 286 g/mol. The zero-order chi connectivity index (χ0) is 15.0. The summed E-state index contributed by atoms with van der Waals surface area (Å²) in [6, 6.07) is 7.03. The molecule has 0 unspecified atom stereocenters. The summed E-state index contributed by atoms with van der Waals surface area (Å²) in [6.07, 6.45) is 1.93. The van der Waals surface area contributed by atoms with Crippen LogP contribution in [0.5, 0.6) is 0 Å². The Kier molecular flexibility index (Phi) is 3.21. The maximum absolute atomic E-state index is 12.0. The Labute approximate surface area is 120 Å². The molecular formula is C15H14N2O4. The number of hydrogen-bond acceptors (Lipinski definition) is 3. The van der Waals surface area contributed by atoms with Crippen molar-refractivity contribution in [2.45, 2.75) is 18.9 Å².